The van der Waals surface area contributed by atoms with Crippen LogP contribution in [0.3, 0.4) is 0 Å². The van der Waals surface area contributed by atoms with Gasteiger partial charge in [0.15, 0.2) is 0 Å². The topological polar surface area (TPSA) is 59.9 Å². The van der Waals surface area contributed by atoms with Gasteiger partial charge in [-0.3, -0.25) is 4.79 Å². The van der Waals surface area contributed by atoms with Crippen molar-refractivity contribution in [2.75, 3.05) is 50.1 Å². The Labute approximate surface area is 152 Å². The van der Waals surface area contributed by atoms with E-state index < -0.39 is 0 Å². The summed E-state index contributed by atoms with van der Waals surface area (Å²) < 4.78 is 0. The maximum atomic E-state index is 12.0. The molecule has 1 amide bonds. The molecule has 0 bridgehead atoms. The molecule has 0 radical (unpaired) electrons. The molecule has 2 heterocycles. The molecule has 0 saturated carbocycles. The van der Waals surface area contributed by atoms with Gasteiger partial charge in [0.1, 0.15) is 11.6 Å². The van der Waals surface area contributed by atoms with E-state index in [4.69, 9.17) is 11.6 Å². The number of carbonyl (C=O) groups excluding carboxylic acids is 1. The molecule has 0 aliphatic carbocycles. The van der Waals surface area contributed by atoms with Crippen LogP contribution in [0.1, 0.15) is 10.4 Å². The molecular weight excluding hydrogens is 340 g/mol. The predicted octanol–water partition coefficient (Wildman–Crippen LogP) is 2.47. The van der Waals surface area contributed by atoms with E-state index in [-0.39, 0.29) is 11.7 Å². The van der Waals surface area contributed by atoms with Crippen LogP contribution in [0.15, 0.2) is 36.5 Å². The van der Waals surface area contributed by atoms with Crippen molar-refractivity contribution >= 4 is 29.0 Å². The predicted molar refractivity (Wildman–Crippen MR) is 99.8 cm³/mol. The van der Waals surface area contributed by atoms with E-state index in [0.717, 1.165) is 31.9 Å². The Balaban J connectivity index is 1.68. The molecule has 3 rings (SSSR count). The van der Waals surface area contributed by atoms with Crippen molar-refractivity contribution in [3.63, 3.8) is 0 Å². The number of carbonyl (C=O) groups is 1. The summed E-state index contributed by atoms with van der Waals surface area (Å²) in [5, 5.41) is 9.89. The summed E-state index contributed by atoms with van der Waals surface area (Å²) in [5.74, 6) is 0.867. The SMILES string of the molecule is CN(C)C(=O)c1cnc(N2CCN(c3ccc(O)cc3)CC2)c(Cl)c1. The van der Waals surface area contributed by atoms with Gasteiger partial charge in [0, 0.05) is 52.2 Å². The van der Waals surface area contributed by atoms with Gasteiger partial charge in [0.25, 0.3) is 5.91 Å². The van der Waals surface area contributed by atoms with Crippen molar-refractivity contribution < 1.29 is 9.90 Å². The number of amides is 1. The van der Waals surface area contributed by atoms with Gasteiger partial charge in [-0.1, -0.05) is 11.6 Å². The van der Waals surface area contributed by atoms with Crippen molar-refractivity contribution in [3.05, 3.63) is 47.1 Å². The molecule has 7 heteroatoms. The number of anilines is 2. The molecule has 0 spiro atoms. The number of hydrogen-bond donors (Lipinski definition) is 1. The van der Waals surface area contributed by atoms with Gasteiger partial charge in [0.05, 0.1) is 10.6 Å². The average Bonchev–Trinajstić information content (AvgIpc) is 2.62. The van der Waals surface area contributed by atoms with E-state index in [0.29, 0.717) is 16.4 Å². The van der Waals surface area contributed by atoms with Gasteiger partial charge in [-0.2, -0.15) is 0 Å². The number of nitrogens with zero attached hydrogens (tertiary/aromatic N) is 4. The van der Waals surface area contributed by atoms with E-state index in [1.165, 1.54) is 4.90 Å². The highest BCUT2D eigenvalue weighted by atomic mass is 35.5. The van der Waals surface area contributed by atoms with Crippen molar-refractivity contribution in [3.8, 4) is 5.75 Å². The Bertz CT molecular complexity index is 756. The van der Waals surface area contributed by atoms with Crippen LogP contribution in [0.2, 0.25) is 5.02 Å². The second-order valence-corrected chi connectivity index (χ2v) is 6.63. The first-order chi connectivity index (χ1) is 12.0. The molecule has 1 saturated heterocycles. The number of benzene rings is 1. The van der Waals surface area contributed by atoms with Crippen LogP contribution in [0.25, 0.3) is 0 Å². The lowest BCUT2D eigenvalue weighted by Crippen LogP contribution is -2.47. The lowest BCUT2D eigenvalue weighted by atomic mass is 10.2. The summed E-state index contributed by atoms with van der Waals surface area (Å²) in [6, 6.07) is 8.90. The van der Waals surface area contributed by atoms with Gasteiger partial charge in [-0.25, -0.2) is 4.98 Å². The maximum absolute atomic E-state index is 12.0. The first kappa shape index (κ1) is 17.4. The van der Waals surface area contributed by atoms with Crippen molar-refractivity contribution in [1.29, 1.82) is 0 Å². The monoisotopic (exact) mass is 360 g/mol. The number of piperazine rings is 1. The van der Waals surface area contributed by atoms with Crippen LogP contribution in [0, 0.1) is 0 Å². The molecule has 1 aromatic carbocycles. The summed E-state index contributed by atoms with van der Waals surface area (Å²) in [6.07, 6.45) is 1.58. The number of phenolic OH excluding ortho intramolecular Hbond substituents is 1. The van der Waals surface area contributed by atoms with Crippen LogP contribution in [-0.2, 0) is 0 Å². The van der Waals surface area contributed by atoms with Gasteiger partial charge < -0.3 is 19.8 Å². The largest absolute Gasteiger partial charge is 0.508 e. The van der Waals surface area contributed by atoms with Crippen LogP contribution in [0.5, 0.6) is 5.75 Å². The van der Waals surface area contributed by atoms with Gasteiger partial charge in [0.2, 0.25) is 0 Å². The minimum Gasteiger partial charge on any atom is -0.508 e. The van der Waals surface area contributed by atoms with Crippen molar-refractivity contribution in [1.82, 2.24) is 9.88 Å². The maximum Gasteiger partial charge on any atom is 0.254 e. The summed E-state index contributed by atoms with van der Waals surface area (Å²) in [6.45, 7) is 3.24. The highest BCUT2D eigenvalue weighted by Crippen LogP contribution is 2.27. The number of phenols is 1. The lowest BCUT2D eigenvalue weighted by molar-refractivity contribution is 0.0827. The molecule has 1 aliphatic heterocycles. The molecule has 2 aromatic rings. The smallest absolute Gasteiger partial charge is 0.254 e. The second kappa shape index (κ2) is 7.19. The number of aromatic nitrogens is 1. The molecule has 1 aromatic heterocycles. The molecule has 1 N–H and O–H groups in total. The fourth-order valence-electron chi connectivity index (χ4n) is 2.88. The van der Waals surface area contributed by atoms with Gasteiger partial charge in [-0.15, -0.1) is 0 Å². The quantitative estimate of drug-likeness (QED) is 0.911. The summed E-state index contributed by atoms with van der Waals surface area (Å²) in [7, 11) is 3.40. The standard InChI is InChI=1S/C18H21ClN4O2/c1-21(2)18(25)13-11-16(19)17(20-12-13)23-9-7-22(8-10-23)14-3-5-15(24)6-4-14/h3-6,11-12,24H,7-10H2,1-2H3. The molecule has 1 aliphatic rings. The fourth-order valence-corrected chi connectivity index (χ4v) is 3.16. The number of pyridine rings is 1. The zero-order valence-corrected chi connectivity index (χ0v) is 15.1. The van der Waals surface area contributed by atoms with Crippen LogP contribution >= 0.6 is 11.6 Å². The first-order valence-corrected chi connectivity index (χ1v) is 8.49. The molecular formula is C18H21ClN4O2. The molecule has 6 nitrogen and oxygen atoms in total. The van der Waals surface area contributed by atoms with Gasteiger partial charge >= 0.3 is 0 Å². The molecule has 0 atom stereocenters. The van der Waals surface area contributed by atoms with Crippen LogP contribution in [-0.4, -0.2) is 61.2 Å². The Morgan fingerprint density at radius 2 is 1.72 bits per heavy atom. The summed E-state index contributed by atoms with van der Waals surface area (Å²) in [5.41, 5.74) is 1.57. The minimum atomic E-state index is -0.113. The third-order valence-electron chi connectivity index (χ3n) is 4.27. The Morgan fingerprint density at radius 1 is 1.12 bits per heavy atom. The Morgan fingerprint density at radius 3 is 2.28 bits per heavy atom. The lowest BCUT2D eigenvalue weighted by Gasteiger charge is -2.37. The summed E-state index contributed by atoms with van der Waals surface area (Å²) >= 11 is 6.37. The highest BCUT2D eigenvalue weighted by Gasteiger charge is 2.21. The zero-order chi connectivity index (χ0) is 18.0. The molecule has 1 fully saturated rings. The second-order valence-electron chi connectivity index (χ2n) is 6.22. The minimum absolute atomic E-state index is 0.113. The van der Waals surface area contributed by atoms with Crippen molar-refractivity contribution in [2.45, 2.75) is 0 Å². The van der Waals surface area contributed by atoms with Gasteiger partial charge in [-0.05, 0) is 30.3 Å². The normalized spacial score (nSPS) is 14.5. The zero-order valence-electron chi connectivity index (χ0n) is 14.3. The van der Waals surface area contributed by atoms with E-state index in [1.807, 2.05) is 12.1 Å². The molecule has 0 unspecified atom stereocenters. The van der Waals surface area contributed by atoms with Crippen molar-refractivity contribution in [2.24, 2.45) is 0 Å². The third-order valence-corrected chi connectivity index (χ3v) is 4.55. The fraction of sp³-hybridized carbons (Fsp3) is 0.333. The van der Waals surface area contributed by atoms with E-state index in [9.17, 15) is 9.90 Å². The average molecular weight is 361 g/mol. The number of hydrogen-bond acceptors (Lipinski definition) is 5. The van der Waals surface area contributed by atoms with E-state index in [2.05, 4.69) is 14.8 Å². The molecule has 132 valence electrons. The Hall–Kier alpha value is -2.47. The first-order valence-electron chi connectivity index (χ1n) is 8.12. The third kappa shape index (κ3) is 3.79. The summed E-state index contributed by atoms with van der Waals surface area (Å²) in [4.78, 5) is 22.3. The van der Waals surface area contributed by atoms with Crippen LogP contribution in [0.4, 0.5) is 11.5 Å². The van der Waals surface area contributed by atoms with Crippen LogP contribution < -0.4 is 9.80 Å². The number of halogens is 1. The van der Waals surface area contributed by atoms with E-state index >= 15 is 0 Å². The highest BCUT2D eigenvalue weighted by molar-refractivity contribution is 6.33. The Kier molecular flexibility index (Phi) is 4.99. The number of aromatic hydroxyl groups is 1. The number of rotatable bonds is 3. The molecule has 25 heavy (non-hydrogen) atoms. The van der Waals surface area contributed by atoms with E-state index in [1.54, 1.807) is 38.5 Å².